The number of para-hydroxylation sites is 1. The fourth-order valence-corrected chi connectivity index (χ4v) is 3.59. The second-order valence-electron chi connectivity index (χ2n) is 5.45. The van der Waals surface area contributed by atoms with Gasteiger partial charge in [-0.25, -0.2) is 4.98 Å². The Morgan fingerprint density at radius 2 is 1.93 bits per heavy atom. The van der Waals surface area contributed by atoms with Crippen molar-refractivity contribution in [2.75, 3.05) is 5.32 Å². The van der Waals surface area contributed by atoms with E-state index in [4.69, 9.17) is 23.2 Å². The number of aryl methyl sites for hydroxylation is 1. The van der Waals surface area contributed by atoms with Crippen molar-refractivity contribution in [1.82, 2.24) is 4.98 Å². The molecular weight excluding hydrogens is 422 g/mol. The maximum atomic E-state index is 13.2. The number of benzene rings is 1. The number of halogens is 5. The Hall–Kier alpha value is -1.95. The van der Waals surface area contributed by atoms with Crippen LogP contribution < -0.4 is 5.32 Å². The standard InChI is InChI=1S/C17H12Cl2F3N3OS/c1-8-6-11(17(20,21)22)10(7-23)16(24-8)27-9(2)15(26)25-14-12(18)4-3-5-13(14)19/h3-6,9H,1-2H3,(H,25,26). The molecule has 1 unspecified atom stereocenters. The molecule has 0 aliphatic carbocycles. The smallest absolute Gasteiger partial charge is 0.323 e. The van der Waals surface area contributed by atoms with E-state index in [0.717, 1.165) is 17.8 Å². The van der Waals surface area contributed by atoms with E-state index in [1.54, 1.807) is 6.07 Å². The van der Waals surface area contributed by atoms with E-state index >= 15 is 0 Å². The highest BCUT2D eigenvalue weighted by atomic mass is 35.5. The van der Waals surface area contributed by atoms with Crippen LogP contribution in [0.2, 0.25) is 10.0 Å². The third-order valence-electron chi connectivity index (χ3n) is 3.40. The Labute approximate surface area is 167 Å². The highest BCUT2D eigenvalue weighted by Crippen LogP contribution is 2.37. The SMILES string of the molecule is Cc1cc(C(F)(F)F)c(C#N)c(SC(C)C(=O)Nc2c(Cl)cccc2Cl)n1. The molecule has 0 saturated heterocycles. The van der Waals surface area contributed by atoms with Gasteiger partial charge in [0.1, 0.15) is 11.1 Å². The number of amides is 1. The molecule has 1 amide bonds. The summed E-state index contributed by atoms with van der Waals surface area (Å²) in [6.45, 7) is 2.86. The average molecular weight is 434 g/mol. The summed E-state index contributed by atoms with van der Waals surface area (Å²) in [7, 11) is 0. The van der Waals surface area contributed by atoms with Gasteiger partial charge in [-0.2, -0.15) is 18.4 Å². The minimum Gasteiger partial charge on any atom is -0.323 e. The Balaban J connectivity index is 2.30. The molecule has 1 aromatic carbocycles. The summed E-state index contributed by atoms with van der Waals surface area (Å²) in [5.74, 6) is -0.546. The van der Waals surface area contributed by atoms with Crippen molar-refractivity contribution in [3.63, 3.8) is 0 Å². The number of thioether (sulfide) groups is 1. The molecule has 0 spiro atoms. The number of nitrogens with zero attached hydrogens (tertiary/aromatic N) is 2. The monoisotopic (exact) mass is 433 g/mol. The van der Waals surface area contributed by atoms with Gasteiger partial charge in [-0.1, -0.05) is 41.0 Å². The number of pyridine rings is 1. The number of anilines is 1. The molecule has 1 aromatic heterocycles. The van der Waals surface area contributed by atoms with E-state index in [9.17, 15) is 23.2 Å². The van der Waals surface area contributed by atoms with Crippen molar-refractivity contribution in [2.45, 2.75) is 30.3 Å². The largest absolute Gasteiger partial charge is 0.417 e. The van der Waals surface area contributed by atoms with Gasteiger partial charge >= 0.3 is 6.18 Å². The molecule has 27 heavy (non-hydrogen) atoms. The van der Waals surface area contributed by atoms with E-state index < -0.39 is 28.5 Å². The predicted octanol–water partition coefficient (Wildman–Crippen LogP) is 5.71. The van der Waals surface area contributed by atoms with Crippen LogP contribution in [0.25, 0.3) is 0 Å². The number of nitriles is 1. The maximum absolute atomic E-state index is 13.2. The summed E-state index contributed by atoms with van der Waals surface area (Å²) in [5, 5.41) is 11.1. The van der Waals surface area contributed by atoms with E-state index in [1.807, 2.05) is 0 Å². The number of aromatic nitrogens is 1. The molecule has 10 heteroatoms. The maximum Gasteiger partial charge on any atom is 0.417 e. The lowest BCUT2D eigenvalue weighted by Gasteiger charge is -2.16. The Morgan fingerprint density at radius 3 is 2.44 bits per heavy atom. The van der Waals surface area contributed by atoms with E-state index in [2.05, 4.69) is 10.3 Å². The molecule has 2 rings (SSSR count). The Morgan fingerprint density at radius 1 is 1.33 bits per heavy atom. The van der Waals surface area contributed by atoms with Gasteiger partial charge in [0.05, 0.1) is 32.1 Å². The van der Waals surface area contributed by atoms with Crippen LogP contribution in [0.5, 0.6) is 0 Å². The van der Waals surface area contributed by atoms with Crippen LogP contribution in [0.4, 0.5) is 18.9 Å². The quantitative estimate of drug-likeness (QED) is 0.627. The summed E-state index contributed by atoms with van der Waals surface area (Å²) in [6, 6.07) is 7.01. The molecule has 0 radical (unpaired) electrons. The Bertz CT molecular complexity index is 909. The summed E-state index contributed by atoms with van der Waals surface area (Å²) in [6.07, 6.45) is -4.70. The van der Waals surface area contributed by atoms with Gasteiger partial charge in [0, 0.05) is 5.69 Å². The lowest BCUT2D eigenvalue weighted by atomic mass is 10.1. The van der Waals surface area contributed by atoms with Crippen LogP contribution >= 0.6 is 35.0 Å². The molecule has 2 aromatic rings. The zero-order valence-corrected chi connectivity index (χ0v) is 16.3. The van der Waals surface area contributed by atoms with Crippen LogP contribution in [-0.4, -0.2) is 16.1 Å². The van der Waals surface area contributed by atoms with E-state index in [1.165, 1.54) is 32.0 Å². The first-order chi connectivity index (χ1) is 12.5. The first-order valence-electron chi connectivity index (χ1n) is 7.45. The summed E-state index contributed by atoms with van der Waals surface area (Å²) >= 11 is 12.7. The molecule has 0 fully saturated rings. The van der Waals surface area contributed by atoms with E-state index in [0.29, 0.717) is 0 Å². The molecular formula is C17H12Cl2F3N3OS. The number of carbonyl (C=O) groups is 1. The fraction of sp³-hybridized carbons (Fsp3) is 0.235. The van der Waals surface area contributed by atoms with Crippen molar-refractivity contribution < 1.29 is 18.0 Å². The molecule has 1 N–H and O–H groups in total. The molecule has 142 valence electrons. The van der Waals surface area contributed by atoms with Gasteiger partial charge in [0.2, 0.25) is 5.91 Å². The number of hydrogen-bond acceptors (Lipinski definition) is 4. The predicted molar refractivity (Wildman–Crippen MR) is 99.1 cm³/mol. The summed E-state index contributed by atoms with van der Waals surface area (Å²) < 4.78 is 39.5. The zero-order valence-electron chi connectivity index (χ0n) is 14.0. The molecule has 4 nitrogen and oxygen atoms in total. The first-order valence-corrected chi connectivity index (χ1v) is 9.08. The van der Waals surface area contributed by atoms with Crippen molar-refractivity contribution in [3.8, 4) is 6.07 Å². The molecule has 0 aliphatic rings. The highest BCUT2D eigenvalue weighted by molar-refractivity contribution is 8.00. The third-order valence-corrected chi connectivity index (χ3v) is 5.12. The van der Waals surface area contributed by atoms with Crippen LogP contribution in [-0.2, 0) is 11.0 Å². The van der Waals surface area contributed by atoms with Gasteiger partial charge in [-0.15, -0.1) is 0 Å². The molecule has 0 bridgehead atoms. The van der Waals surface area contributed by atoms with Crippen LogP contribution in [0.15, 0.2) is 29.3 Å². The minimum absolute atomic E-state index is 0.0885. The third kappa shape index (κ3) is 5.06. The van der Waals surface area contributed by atoms with Crippen LogP contribution in [0, 0.1) is 18.3 Å². The van der Waals surface area contributed by atoms with Crippen molar-refractivity contribution in [2.24, 2.45) is 0 Å². The summed E-state index contributed by atoms with van der Waals surface area (Å²) in [4.78, 5) is 16.4. The highest BCUT2D eigenvalue weighted by Gasteiger charge is 2.36. The van der Waals surface area contributed by atoms with Gasteiger partial charge in [0.25, 0.3) is 0 Å². The number of alkyl halides is 3. The molecule has 0 saturated carbocycles. The normalized spacial score (nSPS) is 12.4. The zero-order chi connectivity index (χ0) is 20.4. The number of nitrogens with one attached hydrogen (secondary N) is 1. The number of rotatable bonds is 4. The fourth-order valence-electron chi connectivity index (χ4n) is 2.12. The van der Waals surface area contributed by atoms with Crippen LogP contribution in [0.1, 0.15) is 23.7 Å². The molecule has 1 atom stereocenters. The van der Waals surface area contributed by atoms with Crippen molar-refractivity contribution in [3.05, 3.63) is 51.1 Å². The lowest BCUT2D eigenvalue weighted by Crippen LogP contribution is -2.23. The first kappa shape index (κ1) is 21.4. The lowest BCUT2D eigenvalue weighted by molar-refractivity contribution is -0.138. The van der Waals surface area contributed by atoms with Crippen molar-refractivity contribution >= 4 is 46.6 Å². The van der Waals surface area contributed by atoms with Gasteiger partial charge in [0.15, 0.2) is 0 Å². The number of hydrogen-bond donors (Lipinski definition) is 1. The molecule has 1 heterocycles. The topological polar surface area (TPSA) is 65.8 Å². The van der Waals surface area contributed by atoms with Gasteiger partial charge in [-0.05, 0) is 32.0 Å². The van der Waals surface area contributed by atoms with Gasteiger partial charge < -0.3 is 5.32 Å². The molecule has 0 aliphatic heterocycles. The average Bonchev–Trinajstić information content (AvgIpc) is 2.56. The minimum atomic E-state index is -4.70. The van der Waals surface area contributed by atoms with Gasteiger partial charge in [-0.3, -0.25) is 4.79 Å². The Kier molecular flexibility index (Phi) is 6.63. The number of carbonyl (C=O) groups excluding carboxylic acids is 1. The van der Waals surface area contributed by atoms with Crippen molar-refractivity contribution in [1.29, 1.82) is 5.26 Å². The van der Waals surface area contributed by atoms with Crippen LogP contribution in [0.3, 0.4) is 0 Å². The second-order valence-corrected chi connectivity index (χ2v) is 7.59. The summed E-state index contributed by atoms with van der Waals surface area (Å²) in [5.41, 5.74) is -1.41. The second kappa shape index (κ2) is 8.38. The van der Waals surface area contributed by atoms with E-state index in [-0.39, 0.29) is 26.5 Å².